The van der Waals surface area contributed by atoms with E-state index in [9.17, 15) is 22.0 Å². The molecule has 43 heavy (non-hydrogen) atoms. The fraction of sp³-hybridized carbons (Fsp3) is 0.464. The molecule has 228 valence electrons. The molecule has 5 heterocycles. The van der Waals surface area contributed by atoms with E-state index in [-0.39, 0.29) is 61.4 Å². The van der Waals surface area contributed by atoms with Crippen LogP contribution >= 0.6 is 22.9 Å². The minimum atomic E-state index is -4.87. The van der Waals surface area contributed by atoms with E-state index in [0.29, 0.717) is 32.5 Å². The summed E-state index contributed by atoms with van der Waals surface area (Å²) in [6, 6.07) is 3.00. The maximum Gasteiger partial charge on any atom is 0.417 e. The van der Waals surface area contributed by atoms with Gasteiger partial charge in [0.2, 0.25) is 5.88 Å². The van der Waals surface area contributed by atoms with Crippen LogP contribution < -0.4 is 20.5 Å². The van der Waals surface area contributed by atoms with Crippen molar-refractivity contribution >= 4 is 49.2 Å². The van der Waals surface area contributed by atoms with Gasteiger partial charge >= 0.3 is 12.2 Å². The number of hydrogen-bond donors (Lipinski definition) is 2. The molecule has 4 aromatic rings. The predicted octanol–water partition coefficient (Wildman–Crippen LogP) is 6.00. The quantitative estimate of drug-likeness (QED) is 0.248. The number of nitrogens with two attached hydrogens (primary N) is 1. The number of halogens is 6. The predicted molar refractivity (Wildman–Crippen MR) is 153 cm³/mol. The van der Waals surface area contributed by atoms with Crippen molar-refractivity contribution < 1.29 is 31.4 Å². The highest BCUT2D eigenvalue weighted by atomic mass is 35.5. The molecule has 3 atom stereocenters. The molecule has 8 nitrogen and oxygen atoms in total. The molecular weight excluding hydrogens is 615 g/mol. The molecule has 15 heteroatoms. The van der Waals surface area contributed by atoms with Crippen LogP contribution in [0.1, 0.15) is 31.2 Å². The number of nitrogens with one attached hydrogen (secondary N) is 1. The van der Waals surface area contributed by atoms with Crippen LogP contribution in [-0.2, 0) is 6.18 Å². The van der Waals surface area contributed by atoms with Crippen LogP contribution in [0.15, 0.2) is 18.2 Å². The molecule has 3 aliphatic rings. The number of hydrogen-bond acceptors (Lipinski definition) is 9. The van der Waals surface area contributed by atoms with Crippen molar-refractivity contribution in [2.75, 3.05) is 38.5 Å². The fourth-order valence-electron chi connectivity index (χ4n) is 6.55. The first-order valence-corrected chi connectivity index (χ1v) is 15.1. The van der Waals surface area contributed by atoms with Gasteiger partial charge in [-0.15, -0.1) is 0 Å². The Morgan fingerprint density at radius 3 is 2.81 bits per heavy atom. The number of thiazole rings is 1. The average molecular weight is 641 g/mol. The Kier molecular flexibility index (Phi) is 7.02. The largest absolute Gasteiger partial charge is 0.472 e. The maximum absolute atomic E-state index is 14.7. The van der Waals surface area contributed by atoms with Gasteiger partial charge in [-0.05, 0) is 50.6 Å². The van der Waals surface area contributed by atoms with Crippen LogP contribution in [0.5, 0.6) is 11.9 Å². The van der Waals surface area contributed by atoms with Gasteiger partial charge < -0.3 is 20.5 Å². The molecule has 3 fully saturated rings. The summed E-state index contributed by atoms with van der Waals surface area (Å²) in [7, 11) is 0. The van der Waals surface area contributed by atoms with Gasteiger partial charge in [0.25, 0.3) is 0 Å². The monoisotopic (exact) mass is 640 g/mol. The molecular formula is C28H26ClF5N6O2S. The number of rotatable bonds is 6. The molecule has 7 rings (SSSR count). The van der Waals surface area contributed by atoms with Gasteiger partial charge in [-0.2, -0.15) is 23.1 Å². The number of ether oxygens (including phenoxy) is 2. The second-order valence-corrected chi connectivity index (χ2v) is 12.6. The lowest BCUT2D eigenvalue weighted by molar-refractivity contribution is -0.137. The van der Waals surface area contributed by atoms with Gasteiger partial charge in [0.1, 0.15) is 30.2 Å². The summed E-state index contributed by atoms with van der Waals surface area (Å²) >= 11 is 7.63. The number of nitrogen functional groups attached to an aromatic ring is 1. The van der Waals surface area contributed by atoms with Crippen LogP contribution in [0.3, 0.4) is 0 Å². The molecule has 0 unspecified atom stereocenters. The minimum Gasteiger partial charge on any atom is -0.472 e. The standard InChI is InChI=1S/C28H26ClF5N6O2S/c29-20-19(15-2-3-18(31)23-22(15)37-25(35)43-23)17(28(32,33)34)8-16-21(20)38-26(39-24(16)42-14-4-6-36-10-14)41-12-27-5-1-7-40(27)11-13(30)9-27/h2-3,8,13-14,36H,1,4-7,9-12H2,(H2,35,37)/t13-,14-,27+/m1/s1. The molecule has 0 bridgehead atoms. The first kappa shape index (κ1) is 28.7. The Labute approximate surface area is 251 Å². The highest BCUT2D eigenvalue weighted by Crippen LogP contribution is 2.48. The van der Waals surface area contributed by atoms with Crippen molar-refractivity contribution in [2.24, 2.45) is 0 Å². The first-order valence-electron chi connectivity index (χ1n) is 13.9. The van der Waals surface area contributed by atoms with Crippen molar-refractivity contribution in [1.29, 1.82) is 0 Å². The van der Waals surface area contributed by atoms with Gasteiger partial charge in [-0.3, -0.25) is 4.90 Å². The third-order valence-electron chi connectivity index (χ3n) is 8.49. The summed E-state index contributed by atoms with van der Waals surface area (Å²) in [5.74, 6) is -0.773. The zero-order valence-corrected chi connectivity index (χ0v) is 24.2. The van der Waals surface area contributed by atoms with E-state index in [0.717, 1.165) is 42.9 Å². The Morgan fingerprint density at radius 2 is 2.05 bits per heavy atom. The molecule has 0 spiro atoms. The summed E-state index contributed by atoms with van der Waals surface area (Å²) < 4.78 is 85.1. The van der Waals surface area contributed by atoms with Crippen LogP contribution in [0.25, 0.3) is 32.2 Å². The van der Waals surface area contributed by atoms with E-state index in [1.807, 2.05) is 0 Å². The van der Waals surface area contributed by atoms with Crippen molar-refractivity contribution in [3.63, 3.8) is 0 Å². The Morgan fingerprint density at radius 1 is 1.21 bits per heavy atom. The topological polar surface area (TPSA) is 98.4 Å². The van der Waals surface area contributed by atoms with Crippen LogP contribution in [0.2, 0.25) is 5.02 Å². The Balaban J connectivity index is 1.40. The van der Waals surface area contributed by atoms with Gasteiger partial charge in [0.05, 0.1) is 31.7 Å². The number of anilines is 1. The highest BCUT2D eigenvalue weighted by molar-refractivity contribution is 7.22. The van der Waals surface area contributed by atoms with Gasteiger partial charge in [-0.25, -0.2) is 13.8 Å². The normalized spacial score (nSPS) is 24.3. The van der Waals surface area contributed by atoms with Crippen LogP contribution in [-0.4, -0.2) is 70.5 Å². The lowest BCUT2D eigenvalue weighted by Crippen LogP contribution is -2.43. The van der Waals surface area contributed by atoms with Crippen molar-refractivity contribution in [3.8, 4) is 23.0 Å². The highest BCUT2D eigenvalue weighted by Gasteiger charge is 2.49. The number of nitrogens with zero attached hydrogens (tertiary/aromatic N) is 4. The maximum atomic E-state index is 14.7. The van der Waals surface area contributed by atoms with Crippen molar-refractivity contribution in [3.05, 3.63) is 34.6 Å². The molecule has 3 aliphatic heterocycles. The summed E-state index contributed by atoms with van der Waals surface area (Å²) in [5, 5.41) is 2.74. The summed E-state index contributed by atoms with van der Waals surface area (Å²) in [4.78, 5) is 15.0. The lowest BCUT2D eigenvalue weighted by atomic mass is 9.95. The van der Waals surface area contributed by atoms with E-state index in [1.54, 1.807) is 0 Å². The molecule has 0 radical (unpaired) electrons. The second-order valence-electron chi connectivity index (χ2n) is 11.2. The number of fused-ring (bicyclic) bond motifs is 3. The summed E-state index contributed by atoms with van der Waals surface area (Å²) in [6.07, 6.45) is -3.61. The SMILES string of the molecule is Nc1nc2c(-c3c(C(F)(F)F)cc4c(O[C@@H]5CCNC5)nc(OC[C@@]56CCCN5C[C@H](F)C6)nc4c3Cl)ccc(F)c2s1. The smallest absolute Gasteiger partial charge is 0.417 e. The number of alkyl halides is 4. The van der Waals surface area contributed by atoms with E-state index >= 15 is 0 Å². The van der Waals surface area contributed by atoms with E-state index in [1.165, 1.54) is 6.07 Å². The second kappa shape index (κ2) is 10.5. The fourth-order valence-corrected chi connectivity index (χ4v) is 7.66. The third-order valence-corrected chi connectivity index (χ3v) is 9.75. The van der Waals surface area contributed by atoms with Gasteiger partial charge in [-0.1, -0.05) is 22.9 Å². The number of benzene rings is 2. The van der Waals surface area contributed by atoms with Gasteiger partial charge in [0.15, 0.2) is 5.13 Å². The molecule has 0 amide bonds. The zero-order chi connectivity index (χ0) is 30.1. The van der Waals surface area contributed by atoms with Crippen LogP contribution in [0, 0.1) is 5.82 Å². The molecule has 0 aliphatic carbocycles. The molecule has 0 saturated carbocycles. The van der Waals surface area contributed by atoms with E-state index < -0.39 is 34.8 Å². The molecule has 2 aromatic heterocycles. The lowest BCUT2D eigenvalue weighted by Gasteiger charge is -2.30. The molecule has 3 saturated heterocycles. The Hall–Kier alpha value is -3.07. The molecule has 3 N–H and O–H groups in total. The average Bonchev–Trinajstić information content (AvgIpc) is 3.73. The summed E-state index contributed by atoms with van der Waals surface area (Å²) in [6.45, 7) is 2.34. The number of aromatic nitrogens is 3. The first-order chi connectivity index (χ1) is 20.5. The summed E-state index contributed by atoms with van der Waals surface area (Å²) in [5.41, 5.74) is 3.66. The third kappa shape index (κ3) is 5.01. The van der Waals surface area contributed by atoms with Crippen molar-refractivity contribution in [1.82, 2.24) is 25.2 Å². The molecule has 2 aromatic carbocycles. The zero-order valence-electron chi connectivity index (χ0n) is 22.6. The van der Waals surface area contributed by atoms with E-state index in [2.05, 4.69) is 25.2 Å². The van der Waals surface area contributed by atoms with Crippen molar-refractivity contribution in [2.45, 2.75) is 49.7 Å². The Bertz CT molecular complexity index is 1730. The van der Waals surface area contributed by atoms with Crippen LogP contribution in [0.4, 0.5) is 27.1 Å². The minimum absolute atomic E-state index is 0.00606. The van der Waals surface area contributed by atoms with Gasteiger partial charge in [0, 0.05) is 30.6 Å². The van der Waals surface area contributed by atoms with E-state index in [4.69, 9.17) is 26.8 Å².